The first kappa shape index (κ1) is 22.6. The van der Waals surface area contributed by atoms with Gasteiger partial charge in [0.05, 0.1) is 6.04 Å². The molecular formula is C20H29BrClN3OS. The summed E-state index contributed by atoms with van der Waals surface area (Å²) in [5, 5.41) is 4.19. The molecule has 1 aliphatic carbocycles. The largest absolute Gasteiger partial charge is 0.347 e. The minimum atomic E-state index is 0. The molecule has 4 nitrogen and oxygen atoms in total. The number of nitrogens with zero attached hydrogens (tertiary/aromatic N) is 2. The van der Waals surface area contributed by atoms with Crippen LogP contribution in [0.1, 0.15) is 51.9 Å². The molecular weight excluding hydrogens is 446 g/mol. The van der Waals surface area contributed by atoms with Gasteiger partial charge in [0.15, 0.2) is 5.17 Å². The molecule has 27 heavy (non-hydrogen) atoms. The number of halogens is 2. The maximum absolute atomic E-state index is 12.5. The SMILES string of the molecule is CCCN1C(=NC2CCCCC2)SCC1CC(=O)Nc1ccc(Br)cc1.Cl. The number of carbonyl (C=O) groups is 1. The number of anilines is 1. The number of thioether (sulfide) groups is 1. The molecule has 0 spiro atoms. The monoisotopic (exact) mass is 473 g/mol. The number of aliphatic imine (C=N–C) groups is 1. The normalized spacial score (nSPS) is 21.9. The molecule has 0 aromatic heterocycles. The smallest absolute Gasteiger partial charge is 0.226 e. The second-order valence-electron chi connectivity index (χ2n) is 7.12. The third kappa shape index (κ3) is 6.68. The van der Waals surface area contributed by atoms with Crippen LogP contribution in [0.5, 0.6) is 0 Å². The van der Waals surface area contributed by atoms with E-state index in [-0.39, 0.29) is 24.4 Å². The maximum Gasteiger partial charge on any atom is 0.226 e. The third-order valence-electron chi connectivity index (χ3n) is 4.97. The zero-order chi connectivity index (χ0) is 18.4. The third-order valence-corrected chi connectivity index (χ3v) is 6.65. The lowest BCUT2D eigenvalue weighted by Gasteiger charge is -2.27. The predicted octanol–water partition coefficient (Wildman–Crippen LogP) is 5.72. The van der Waals surface area contributed by atoms with E-state index in [1.165, 1.54) is 37.3 Å². The number of carbonyl (C=O) groups excluding carboxylic acids is 1. The Bertz CT molecular complexity index is 635. The summed E-state index contributed by atoms with van der Waals surface area (Å²) in [5.74, 6) is 1.04. The van der Waals surface area contributed by atoms with Gasteiger partial charge in [-0.1, -0.05) is 53.9 Å². The molecule has 1 atom stereocenters. The Morgan fingerprint density at radius 2 is 1.96 bits per heavy atom. The Balaban J connectivity index is 0.00000261. The molecule has 1 saturated heterocycles. The fourth-order valence-corrected chi connectivity index (χ4v) is 5.16. The molecule has 2 fully saturated rings. The minimum Gasteiger partial charge on any atom is -0.347 e. The molecule has 1 aromatic rings. The summed E-state index contributed by atoms with van der Waals surface area (Å²) in [6, 6.07) is 8.47. The Kier molecular flexibility index (Phi) is 9.46. The van der Waals surface area contributed by atoms with Crippen molar-refractivity contribution in [3.8, 4) is 0 Å². The van der Waals surface area contributed by atoms with E-state index in [0.717, 1.165) is 28.9 Å². The Morgan fingerprint density at radius 3 is 2.63 bits per heavy atom. The van der Waals surface area contributed by atoms with Gasteiger partial charge in [0, 0.05) is 34.9 Å². The number of rotatable bonds is 6. The summed E-state index contributed by atoms with van der Waals surface area (Å²) in [4.78, 5) is 19.9. The highest BCUT2D eigenvalue weighted by Gasteiger charge is 2.32. The van der Waals surface area contributed by atoms with Crippen molar-refractivity contribution < 1.29 is 4.79 Å². The van der Waals surface area contributed by atoms with E-state index in [9.17, 15) is 4.79 Å². The Morgan fingerprint density at radius 1 is 1.26 bits per heavy atom. The summed E-state index contributed by atoms with van der Waals surface area (Å²) < 4.78 is 1.01. The highest BCUT2D eigenvalue weighted by atomic mass is 79.9. The summed E-state index contributed by atoms with van der Waals surface area (Å²) >= 11 is 5.25. The lowest BCUT2D eigenvalue weighted by atomic mass is 9.96. The number of amidine groups is 1. The van der Waals surface area contributed by atoms with Crippen molar-refractivity contribution >= 4 is 56.9 Å². The first-order chi connectivity index (χ1) is 12.7. The number of benzene rings is 1. The molecule has 0 bridgehead atoms. The van der Waals surface area contributed by atoms with Crippen LogP contribution in [0.15, 0.2) is 33.7 Å². The number of nitrogens with one attached hydrogen (secondary N) is 1. The highest BCUT2D eigenvalue weighted by molar-refractivity contribution is 9.10. The zero-order valence-electron chi connectivity index (χ0n) is 15.8. The molecule has 1 saturated carbocycles. The van der Waals surface area contributed by atoms with Gasteiger partial charge in [0.2, 0.25) is 5.91 Å². The minimum absolute atomic E-state index is 0. The summed E-state index contributed by atoms with van der Waals surface area (Å²) in [6.07, 6.45) is 8.00. The van der Waals surface area contributed by atoms with Crippen molar-refractivity contribution in [2.24, 2.45) is 4.99 Å². The molecule has 1 unspecified atom stereocenters. The Labute approximate surface area is 181 Å². The van der Waals surface area contributed by atoms with Gasteiger partial charge in [-0.25, -0.2) is 0 Å². The molecule has 1 heterocycles. The van der Waals surface area contributed by atoms with Gasteiger partial charge < -0.3 is 10.2 Å². The fraction of sp³-hybridized carbons (Fsp3) is 0.600. The fourth-order valence-electron chi connectivity index (χ4n) is 3.63. The number of hydrogen-bond donors (Lipinski definition) is 1. The topological polar surface area (TPSA) is 44.7 Å². The quantitative estimate of drug-likeness (QED) is 0.574. The summed E-state index contributed by atoms with van der Waals surface area (Å²) in [7, 11) is 0. The molecule has 1 amide bonds. The van der Waals surface area contributed by atoms with Gasteiger partial charge in [-0.15, -0.1) is 12.4 Å². The van der Waals surface area contributed by atoms with Gasteiger partial charge in [-0.2, -0.15) is 0 Å². The summed E-state index contributed by atoms with van der Waals surface area (Å²) in [6.45, 7) is 3.18. The molecule has 150 valence electrons. The van der Waals surface area contributed by atoms with Crippen LogP contribution in [0.2, 0.25) is 0 Å². The van der Waals surface area contributed by atoms with E-state index in [1.807, 2.05) is 36.0 Å². The van der Waals surface area contributed by atoms with E-state index in [4.69, 9.17) is 4.99 Å². The van der Waals surface area contributed by atoms with Crippen LogP contribution in [0.25, 0.3) is 0 Å². The van der Waals surface area contributed by atoms with Crippen molar-refractivity contribution in [3.05, 3.63) is 28.7 Å². The lowest BCUT2D eigenvalue weighted by molar-refractivity contribution is -0.116. The van der Waals surface area contributed by atoms with Crippen LogP contribution in [-0.2, 0) is 4.79 Å². The molecule has 0 radical (unpaired) electrons. The van der Waals surface area contributed by atoms with Crippen LogP contribution in [-0.4, -0.2) is 40.4 Å². The van der Waals surface area contributed by atoms with Crippen molar-refractivity contribution in [2.75, 3.05) is 17.6 Å². The molecule has 1 N–H and O–H groups in total. The predicted molar refractivity (Wildman–Crippen MR) is 122 cm³/mol. The average molecular weight is 475 g/mol. The lowest BCUT2D eigenvalue weighted by Crippen LogP contribution is -2.37. The van der Waals surface area contributed by atoms with Crippen molar-refractivity contribution in [1.29, 1.82) is 0 Å². The van der Waals surface area contributed by atoms with Crippen molar-refractivity contribution in [1.82, 2.24) is 4.90 Å². The Hall–Kier alpha value is -0.720. The first-order valence-corrected chi connectivity index (χ1v) is 11.5. The average Bonchev–Trinajstić information content (AvgIpc) is 3.00. The van der Waals surface area contributed by atoms with Gasteiger partial charge in [0.1, 0.15) is 0 Å². The van der Waals surface area contributed by atoms with Crippen LogP contribution in [0.3, 0.4) is 0 Å². The zero-order valence-corrected chi connectivity index (χ0v) is 19.0. The van der Waals surface area contributed by atoms with Gasteiger partial charge in [-0.05, 0) is 43.5 Å². The standard InChI is InChI=1S/C20H28BrN3OS.ClH/c1-2-12-24-18(13-19(25)22-17-10-8-15(21)9-11-17)14-26-20(24)23-16-6-4-3-5-7-16;/h8-11,16,18H,2-7,12-14H2,1H3,(H,22,25);1H. The van der Waals surface area contributed by atoms with E-state index in [1.54, 1.807) is 0 Å². The second kappa shape index (κ2) is 11.3. The van der Waals surface area contributed by atoms with E-state index in [2.05, 4.69) is 33.1 Å². The molecule has 1 aliphatic heterocycles. The van der Waals surface area contributed by atoms with Crippen molar-refractivity contribution in [2.45, 2.75) is 64.0 Å². The van der Waals surface area contributed by atoms with Crippen LogP contribution < -0.4 is 5.32 Å². The molecule has 1 aromatic carbocycles. The second-order valence-corrected chi connectivity index (χ2v) is 9.02. The summed E-state index contributed by atoms with van der Waals surface area (Å²) in [5.41, 5.74) is 0.849. The first-order valence-electron chi connectivity index (χ1n) is 9.68. The van der Waals surface area contributed by atoms with Crippen LogP contribution in [0.4, 0.5) is 5.69 Å². The molecule has 7 heteroatoms. The van der Waals surface area contributed by atoms with Crippen LogP contribution in [0, 0.1) is 0 Å². The number of hydrogen-bond acceptors (Lipinski definition) is 3. The number of amides is 1. The van der Waals surface area contributed by atoms with Gasteiger partial charge >= 0.3 is 0 Å². The highest BCUT2D eigenvalue weighted by Crippen LogP contribution is 2.30. The molecule has 3 rings (SSSR count). The molecule has 2 aliphatic rings. The van der Waals surface area contributed by atoms with Gasteiger partial charge in [0.25, 0.3) is 0 Å². The van der Waals surface area contributed by atoms with Gasteiger partial charge in [-0.3, -0.25) is 9.79 Å². The van der Waals surface area contributed by atoms with Crippen LogP contribution >= 0.6 is 40.1 Å². The van der Waals surface area contributed by atoms with E-state index < -0.39 is 0 Å². The van der Waals surface area contributed by atoms with Crippen molar-refractivity contribution in [3.63, 3.8) is 0 Å². The van der Waals surface area contributed by atoms with E-state index >= 15 is 0 Å². The maximum atomic E-state index is 12.5. The van der Waals surface area contributed by atoms with E-state index in [0.29, 0.717) is 12.5 Å².